The molecule has 1 fully saturated rings. The van der Waals surface area contributed by atoms with E-state index >= 15 is 0 Å². The standard InChI is InChI=1S/C25H28N4O4/c1-33-25(32)19-9-10-22(28-14-5-6-15-28)21(17-19)26-23(30)11-12-24(31)29-16-13-20(27-29)18-7-3-2-4-8-18/h2-4,7-10,17H,5-6,11-16H2,1H3,(H,26,30). The quantitative estimate of drug-likeness (QED) is 0.656. The van der Waals surface area contributed by atoms with E-state index < -0.39 is 5.97 Å². The SMILES string of the molecule is COC(=O)c1ccc(N2CCCC2)c(NC(=O)CCC(=O)N2CCC(c3ccccc3)=N2)c1. The molecule has 0 spiro atoms. The molecular formula is C25H28N4O4. The number of benzene rings is 2. The van der Waals surface area contributed by atoms with E-state index in [2.05, 4.69) is 15.3 Å². The summed E-state index contributed by atoms with van der Waals surface area (Å²) < 4.78 is 4.81. The number of nitrogens with one attached hydrogen (secondary N) is 1. The number of carbonyl (C=O) groups excluding carboxylic acids is 3. The Kier molecular flexibility index (Phi) is 7.02. The Morgan fingerprint density at radius 3 is 2.48 bits per heavy atom. The molecule has 2 aromatic carbocycles. The molecule has 2 aromatic rings. The number of hydrogen-bond acceptors (Lipinski definition) is 6. The predicted molar refractivity (Wildman–Crippen MR) is 126 cm³/mol. The van der Waals surface area contributed by atoms with Gasteiger partial charge in [-0.2, -0.15) is 5.10 Å². The van der Waals surface area contributed by atoms with Crippen LogP contribution in [0, 0.1) is 0 Å². The lowest BCUT2D eigenvalue weighted by atomic mass is 10.1. The van der Waals surface area contributed by atoms with Crippen molar-refractivity contribution in [3.63, 3.8) is 0 Å². The second-order valence-electron chi connectivity index (χ2n) is 8.15. The van der Waals surface area contributed by atoms with Gasteiger partial charge in [-0.15, -0.1) is 0 Å². The van der Waals surface area contributed by atoms with E-state index in [0.29, 0.717) is 24.2 Å². The third-order valence-corrected chi connectivity index (χ3v) is 5.90. The predicted octanol–water partition coefficient (Wildman–Crippen LogP) is 3.43. The molecular weight excluding hydrogens is 420 g/mol. The average Bonchev–Trinajstić information content (AvgIpc) is 3.55. The number of methoxy groups -OCH3 is 1. The molecule has 33 heavy (non-hydrogen) atoms. The molecule has 2 heterocycles. The fourth-order valence-corrected chi connectivity index (χ4v) is 4.15. The van der Waals surface area contributed by atoms with Crippen molar-refractivity contribution in [3.8, 4) is 0 Å². The van der Waals surface area contributed by atoms with Crippen LogP contribution in [0.25, 0.3) is 0 Å². The molecule has 0 atom stereocenters. The zero-order valence-electron chi connectivity index (χ0n) is 18.8. The first-order valence-electron chi connectivity index (χ1n) is 11.3. The second kappa shape index (κ2) is 10.3. The molecule has 1 saturated heterocycles. The van der Waals surface area contributed by atoms with E-state index in [-0.39, 0.29) is 24.7 Å². The van der Waals surface area contributed by atoms with Crippen molar-refractivity contribution in [2.24, 2.45) is 5.10 Å². The number of esters is 1. The first kappa shape index (κ1) is 22.5. The second-order valence-corrected chi connectivity index (χ2v) is 8.15. The number of hydrazone groups is 1. The van der Waals surface area contributed by atoms with Crippen LogP contribution in [0.4, 0.5) is 11.4 Å². The Hall–Kier alpha value is -3.68. The molecule has 172 valence electrons. The lowest BCUT2D eigenvalue weighted by Gasteiger charge is -2.22. The molecule has 0 aromatic heterocycles. The van der Waals surface area contributed by atoms with Crippen LogP contribution in [0.3, 0.4) is 0 Å². The van der Waals surface area contributed by atoms with Gasteiger partial charge in [0.1, 0.15) is 0 Å². The van der Waals surface area contributed by atoms with Crippen LogP contribution in [0.2, 0.25) is 0 Å². The van der Waals surface area contributed by atoms with Crippen molar-refractivity contribution in [1.82, 2.24) is 5.01 Å². The molecule has 0 aliphatic carbocycles. The fourth-order valence-electron chi connectivity index (χ4n) is 4.15. The van der Waals surface area contributed by atoms with Gasteiger partial charge in [-0.1, -0.05) is 30.3 Å². The Labute approximate surface area is 193 Å². The highest BCUT2D eigenvalue weighted by Gasteiger charge is 2.23. The molecule has 0 bridgehead atoms. The summed E-state index contributed by atoms with van der Waals surface area (Å²) in [4.78, 5) is 39.4. The number of ether oxygens (including phenoxy) is 1. The van der Waals surface area contributed by atoms with Gasteiger partial charge in [-0.05, 0) is 36.6 Å². The molecule has 8 heteroatoms. The summed E-state index contributed by atoms with van der Waals surface area (Å²) in [5, 5.41) is 8.78. The minimum absolute atomic E-state index is 0.0351. The van der Waals surface area contributed by atoms with Crippen molar-refractivity contribution in [2.75, 3.05) is 37.0 Å². The molecule has 4 rings (SSSR count). The van der Waals surface area contributed by atoms with E-state index in [1.54, 1.807) is 12.1 Å². The van der Waals surface area contributed by atoms with Crippen LogP contribution < -0.4 is 10.2 Å². The van der Waals surface area contributed by atoms with E-state index in [4.69, 9.17) is 4.74 Å². The number of nitrogens with zero attached hydrogens (tertiary/aromatic N) is 3. The molecule has 0 saturated carbocycles. The van der Waals surface area contributed by atoms with Gasteiger partial charge >= 0.3 is 5.97 Å². The van der Waals surface area contributed by atoms with Crippen LogP contribution in [0.15, 0.2) is 53.6 Å². The topological polar surface area (TPSA) is 91.3 Å². The Balaban J connectivity index is 1.39. The number of rotatable bonds is 7. The number of anilines is 2. The Morgan fingerprint density at radius 2 is 1.76 bits per heavy atom. The van der Waals surface area contributed by atoms with Gasteiger partial charge in [-0.25, -0.2) is 9.80 Å². The first-order valence-corrected chi connectivity index (χ1v) is 11.3. The van der Waals surface area contributed by atoms with Gasteiger partial charge < -0.3 is 15.0 Å². The van der Waals surface area contributed by atoms with E-state index in [0.717, 1.165) is 42.9 Å². The largest absolute Gasteiger partial charge is 0.465 e. The summed E-state index contributed by atoms with van der Waals surface area (Å²) >= 11 is 0. The number of carbonyl (C=O) groups is 3. The van der Waals surface area contributed by atoms with E-state index in [1.165, 1.54) is 12.1 Å². The van der Waals surface area contributed by atoms with Crippen LogP contribution in [-0.4, -0.2) is 55.2 Å². The van der Waals surface area contributed by atoms with Gasteiger partial charge in [0.15, 0.2) is 0 Å². The maximum Gasteiger partial charge on any atom is 0.337 e. The fraction of sp³-hybridized carbons (Fsp3) is 0.360. The van der Waals surface area contributed by atoms with Gasteiger partial charge in [0.05, 0.1) is 36.3 Å². The highest BCUT2D eigenvalue weighted by molar-refractivity contribution is 6.03. The van der Waals surface area contributed by atoms with E-state index in [9.17, 15) is 14.4 Å². The molecule has 2 amide bonds. The third-order valence-electron chi connectivity index (χ3n) is 5.90. The minimum atomic E-state index is -0.463. The number of hydrogen-bond donors (Lipinski definition) is 1. The van der Waals surface area contributed by atoms with Crippen LogP contribution >= 0.6 is 0 Å². The molecule has 2 aliphatic heterocycles. The molecule has 0 radical (unpaired) electrons. The van der Waals surface area contributed by atoms with Crippen molar-refractivity contribution < 1.29 is 19.1 Å². The van der Waals surface area contributed by atoms with Gasteiger partial charge in [-0.3, -0.25) is 9.59 Å². The normalized spacial score (nSPS) is 15.4. The lowest BCUT2D eigenvalue weighted by molar-refractivity contribution is -0.132. The molecule has 1 N–H and O–H groups in total. The first-order chi connectivity index (χ1) is 16.0. The third kappa shape index (κ3) is 5.39. The lowest BCUT2D eigenvalue weighted by Crippen LogP contribution is -2.25. The summed E-state index contributed by atoms with van der Waals surface area (Å²) in [5.41, 5.74) is 3.68. The van der Waals surface area contributed by atoms with Crippen molar-refractivity contribution in [1.29, 1.82) is 0 Å². The zero-order valence-corrected chi connectivity index (χ0v) is 18.8. The van der Waals surface area contributed by atoms with Crippen molar-refractivity contribution >= 4 is 34.9 Å². The van der Waals surface area contributed by atoms with Gasteiger partial charge in [0.25, 0.3) is 0 Å². The monoisotopic (exact) mass is 448 g/mol. The van der Waals surface area contributed by atoms with Crippen molar-refractivity contribution in [2.45, 2.75) is 32.1 Å². The maximum absolute atomic E-state index is 12.7. The summed E-state index contributed by atoms with van der Waals surface area (Å²) in [6, 6.07) is 14.9. The van der Waals surface area contributed by atoms with Crippen LogP contribution in [-0.2, 0) is 14.3 Å². The van der Waals surface area contributed by atoms with E-state index in [1.807, 2.05) is 36.4 Å². The van der Waals surface area contributed by atoms with Crippen LogP contribution in [0.1, 0.15) is 48.0 Å². The van der Waals surface area contributed by atoms with Gasteiger partial charge in [0, 0.05) is 32.4 Å². The highest BCUT2D eigenvalue weighted by atomic mass is 16.5. The summed E-state index contributed by atoms with van der Waals surface area (Å²) in [6.07, 6.45) is 2.96. The smallest absolute Gasteiger partial charge is 0.337 e. The highest BCUT2D eigenvalue weighted by Crippen LogP contribution is 2.30. The van der Waals surface area contributed by atoms with Crippen molar-refractivity contribution in [3.05, 3.63) is 59.7 Å². The summed E-state index contributed by atoms with van der Waals surface area (Å²) in [6.45, 7) is 2.32. The molecule has 0 unspecified atom stereocenters. The molecule has 2 aliphatic rings. The van der Waals surface area contributed by atoms with Crippen LogP contribution in [0.5, 0.6) is 0 Å². The summed E-state index contributed by atoms with van der Waals surface area (Å²) in [7, 11) is 1.32. The number of amides is 2. The Morgan fingerprint density at radius 1 is 1.00 bits per heavy atom. The van der Waals surface area contributed by atoms with Gasteiger partial charge in [0.2, 0.25) is 11.8 Å². The summed E-state index contributed by atoms with van der Waals surface area (Å²) in [5.74, 6) is -0.925. The Bertz CT molecular complexity index is 1060. The zero-order chi connectivity index (χ0) is 23.2. The minimum Gasteiger partial charge on any atom is -0.465 e. The maximum atomic E-state index is 12.7. The molecule has 8 nitrogen and oxygen atoms in total. The average molecular weight is 449 g/mol.